The summed E-state index contributed by atoms with van der Waals surface area (Å²) in [6.45, 7) is 0.929. The Hall–Kier alpha value is -1.62. The summed E-state index contributed by atoms with van der Waals surface area (Å²) in [7, 11) is 3.81. The van der Waals surface area contributed by atoms with E-state index in [1.165, 1.54) is 16.9 Å². The van der Waals surface area contributed by atoms with Crippen molar-refractivity contribution in [2.45, 2.75) is 19.3 Å². The van der Waals surface area contributed by atoms with Crippen LogP contribution < -0.4 is 10.2 Å². The summed E-state index contributed by atoms with van der Waals surface area (Å²) < 4.78 is 26.9. The zero-order valence-electron chi connectivity index (χ0n) is 12.1. The molecule has 0 amide bonds. The molecule has 1 aliphatic rings. The molecular formula is C16H18F2N2S. The number of anilines is 2. The number of aryl methyl sites for hydroxylation is 1. The lowest BCUT2D eigenvalue weighted by molar-refractivity contribution is 0.152. The van der Waals surface area contributed by atoms with Crippen molar-refractivity contribution in [3.05, 3.63) is 35.4 Å². The van der Waals surface area contributed by atoms with E-state index in [0.717, 1.165) is 35.0 Å². The highest BCUT2D eigenvalue weighted by Crippen LogP contribution is 2.41. The van der Waals surface area contributed by atoms with Crippen LogP contribution in [0, 0.1) is 0 Å². The van der Waals surface area contributed by atoms with Gasteiger partial charge in [-0.3, -0.25) is 0 Å². The van der Waals surface area contributed by atoms with Crippen molar-refractivity contribution in [3.8, 4) is 10.4 Å². The van der Waals surface area contributed by atoms with Crippen LogP contribution in [0.3, 0.4) is 0 Å². The van der Waals surface area contributed by atoms with Gasteiger partial charge in [0.2, 0.25) is 0 Å². The maximum atomic E-state index is 13.5. The van der Waals surface area contributed by atoms with Gasteiger partial charge in [0.05, 0.1) is 5.00 Å². The van der Waals surface area contributed by atoms with Crippen molar-refractivity contribution in [1.82, 2.24) is 0 Å². The molecule has 112 valence electrons. The summed E-state index contributed by atoms with van der Waals surface area (Å²) in [5, 5.41) is 4.04. The van der Waals surface area contributed by atoms with Crippen LogP contribution in [0.5, 0.6) is 0 Å². The van der Waals surface area contributed by atoms with E-state index in [1.54, 1.807) is 6.07 Å². The smallest absolute Gasteiger partial charge is 0.264 e. The van der Waals surface area contributed by atoms with Gasteiger partial charge in [0.15, 0.2) is 0 Å². The minimum atomic E-state index is -2.46. The van der Waals surface area contributed by atoms with Gasteiger partial charge in [0.1, 0.15) is 0 Å². The Morgan fingerprint density at radius 3 is 2.76 bits per heavy atom. The molecule has 0 saturated carbocycles. The fraction of sp³-hybridized carbons (Fsp3) is 0.375. The van der Waals surface area contributed by atoms with Gasteiger partial charge in [-0.15, -0.1) is 11.3 Å². The van der Waals surface area contributed by atoms with Gasteiger partial charge in [-0.1, -0.05) is 0 Å². The number of thiophene rings is 1. The Bertz CT molecular complexity index is 652. The van der Waals surface area contributed by atoms with Crippen LogP contribution in [0.25, 0.3) is 10.4 Å². The second-order valence-electron chi connectivity index (χ2n) is 5.31. The summed E-state index contributed by atoms with van der Waals surface area (Å²) in [5.74, 6) is 0. The number of nitrogens with one attached hydrogen (secondary N) is 1. The third-order valence-corrected chi connectivity index (χ3v) is 5.09. The van der Waals surface area contributed by atoms with Crippen molar-refractivity contribution < 1.29 is 8.78 Å². The minimum Gasteiger partial charge on any atom is -0.380 e. The van der Waals surface area contributed by atoms with Gasteiger partial charge in [-0.25, -0.2) is 8.78 Å². The Morgan fingerprint density at radius 1 is 1.29 bits per heavy atom. The summed E-state index contributed by atoms with van der Waals surface area (Å²) >= 11 is 1.51. The lowest BCUT2D eigenvalue weighted by Gasteiger charge is -2.29. The molecule has 21 heavy (non-hydrogen) atoms. The standard InChI is InChI=1S/C16H18F2N2S/c1-19-15-6-5-14(21-15)11-8-10-4-3-7-20(2)13(10)9-12(11)16(17)18/h5-6,8-9,16,19H,3-4,7H2,1-2H3. The van der Waals surface area contributed by atoms with Crippen LogP contribution in [0.2, 0.25) is 0 Å². The first-order valence-electron chi connectivity index (χ1n) is 7.04. The number of benzene rings is 1. The van der Waals surface area contributed by atoms with Crippen LogP contribution in [0.15, 0.2) is 24.3 Å². The van der Waals surface area contributed by atoms with Gasteiger partial charge in [-0.2, -0.15) is 0 Å². The van der Waals surface area contributed by atoms with E-state index in [0.29, 0.717) is 5.56 Å². The molecule has 0 saturated heterocycles. The van der Waals surface area contributed by atoms with Crippen LogP contribution in [0.4, 0.5) is 19.5 Å². The van der Waals surface area contributed by atoms with Crippen molar-refractivity contribution in [1.29, 1.82) is 0 Å². The second-order valence-corrected chi connectivity index (χ2v) is 6.39. The maximum absolute atomic E-state index is 13.5. The summed E-state index contributed by atoms with van der Waals surface area (Å²) in [4.78, 5) is 2.97. The normalized spacial score (nSPS) is 14.4. The molecule has 2 nitrogen and oxygen atoms in total. The first-order valence-corrected chi connectivity index (χ1v) is 7.86. The molecule has 0 atom stereocenters. The number of fused-ring (bicyclic) bond motifs is 1. The molecule has 0 bridgehead atoms. The number of nitrogens with zero attached hydrogens (tertiary/aromatic N) is 1. The molecule has 1 aromatic carbocycles. The minimum absolute atomic E-state index is 0.131. The quantitative estimate of drug-likeness (QED) is 0.878. The highest BCUT2D eigenvalue weighted by Gasteiger charge is 2.22. The van der Waals surface area contributed by atoms with E-state index in [2.05, 4.69) is 10.2 Å². The third kappa shape index (κ3) is 2.62. The Morgan fingerprint density at radius 2 is 2.10 bits per heavy atom. The fourth-order valence-electron chi connectivity index (χ4n) is 2.84. The van der Waals surface area contributed by atoms with Crippen LogP contribution in [0.1, 0.15) is 24.0 Å². The summed E-state index contributed by atoms with van der Waals surface area (Å²) in [6.07, 6.45) is -0.426. The average molecular weight is 308 g/mol. The van der Waals surface area contributed by atoms with E-state index in [9.17, 15) is 8.78 Å². The number of hydrogen-bond acceptors (Lipinski definition) is 3. The van der Waals surface area contributed by atoms with Crippen molar-refractivity contribution in [3.63, 3.8) is 0 Å². The number of alkyl halides is 2. The van der Waals surface area contributed by atoms with E-state index in [-0.39, 0.29) is 5.56 Å². The zero-order chi connectivity index (χ0) is 15.0. The number of halogens is 2. The molecule has 2 aromatic rings. The highest BCUT2D eigenvalue weighted by atomic mass is 32.1. The fourth-order valence-corrected chi connectivity index (χ4v) is 3.74. The Kier molecular flexibility index (Phi) is 3.85. The van der Waals surface area contributed by atoms with E-state index in [4.69, 9.17) is 0 Å². The number of hydrogen-bond donors (Lipinski definition) is 1. The lowest BCUT2D eigenvalue weighted by Crippen LogP contribution is -2.24. The molecule has 3 rings (SSSR count). The van der Waals surface area contributed by atoms with E-state index >= 15 is 0 Å². The molecule has 1 N–H and O–H groups in total. The third-order valence-electron chi connectivity index (χ3n) is 3.95. The van der Waals surface area contributed by atoms with Gasteiger partial charge in [0.25, 0.3) is 6.43 Å². The topological polar surface area (TPSA) is 15.3 Å². The molecular weight excluding hydrogens is 290 g/mol. The van der Waals surface area contributed by atoms with Crippen LogP contribution in [-0.2, 0) is 6.42 Å². The van der Waals surface area contributed by atoms with Crippen LogP contribution >= 0.6 is 11.3 Å². The maximum Gasteiger partial charge on any atom is 0.264 e. The molecule has 5 heteroatoms. The molecule has 2 heterocycles. The van der Waals surface area contributed by atoms with Gasteiger partial charge < -0.3 is 10.2 Å². The Labute approximate surface area is 127 Å². The second kappa shape index (κ2) is 5.64. The molecule has 1 aliphatic heterocycles. The highest BCUT2D eigenvalue weighted by molar-refractivity contribution is 7.19. The van der Waals surface area contributed by atoms with E-state index < -0.39 is 6.43 Å². The predicted octanol–water partition coefficient (Wildman–Crippen LogP) is 4.78. The molecule has 0 unspecified atom stereocenters. The lowest BCUT2D eigenvalue weighted by atomic mass is 9.95. The van der Waals surface area contributed by atoms with E-state index in [1.807, 2.05) is 32.3 Å². The predicted molar refractivity (Wildman–Crippen MR) is 85.8 cm³/mol. The molecule has 0 fully saturated rings. The van der Waals surface area contributed by atoms with Crippen molar-refractivity contribution in [2.75, 3.05) is 30.9 Å². The average Bonchev–Trinajstić information content (AvgIpc) is 2.95. The van der Waals surface area contributed by atoms with Crippen LogP contribution in [-0.4, -0.2) is 20.6 Å². The van der Waals surface area contributed by atoms with Crippen molar-refractivity contribution >= 4 is 22.0 Å². The molecule has 0 radical (unpaired) electrons. The zero-order valence-corrected chi connectivity index (χ0v) is 12.9. The molecule has 1 aromatic heterocycles. The Balaban J connectivity index is 2.14. The molecule has 0 aliphatic carbocycles. The van der Waals surface area contributed by atoms with Gasteiger partial charge in [-0.05, 0) is 42.7 Å². The van der Waals surface area contributed by atoms with Gasteiger partial charge >= 0.3 is 0 Å². The summed E-state index contributed by atoms with van der Waals surface area (Å²) in [6, 6.07) is 7.47. The first kappa shape index (κ1) is 14.3. The summed E-state index contributed by atoms with van der Waals surface area (Å²) in [5.41, 5.74) is 2.92. The monoisotopic (exact) mass is 308 g/mol. The molecule has 0 spiro atoms. The first-order chi connectivity index (χ1) is 10.1. The largest absolute Gasteiger partial charge is 0.380 e. The van der Waals surface area contributed by atoms with Crippen molar-refractivity contribution in [2.24, 2.45) is 0 Å². The van der Waals surface area contributed by atoms with Gasteiger partial charge in [0, 0.05) is 42.3 Å². The SMILES string of the molecule is CNc1ccc(-c2cc3c(cc2C(F)F)N(C)CCC3)s1. The number of rotatable bonds is 3.